The summed E-state index contributed by atoms with van der Waals surface area (Å²) in [6.45, 7) is 0.668. The SMILES string of the molecule is COc1ccc(-c2cnc(Nc3ccccc3)c3c2CCO3)cn1. The molecule has 0 saturated carbocycles. The fourth-order valence-corrected chi connectivity index (χ4v) is 2.85. The monoisotopic (exact) mass is 319 g/mol. The lowest BCUT2D eigenvalue weighted by Crippen LogP contribution is -1.98. The van der Waals surface area contributed by atoms with Crippen molar-refractivity contribution in [2.24, 2.45) is 0 Å². The largest absolute Gasteiger partial charge is 0.489 e. The van der Waals surface area contributed by atoms with E-state index in [9.17, 15) is 0 Å². The van der Waals surface area contributed by atoms with Crippen LogP contribution in [0.3, 0.4) is 0 Å². The van der Waals surface area contributed by atoms with Gasteiger partial charge in [-0.15, -0.1) is 0 Å². The summed E-state index contributed by atoms with van der Waals surface area (Å²) >= 11 is 0. The molecule has 3 heterocycles. The summed E-state index contributed by atoms with van der Waals surface area (Å²) in [6, 6.07) is 13.8. The maximum Gasteiger partial charge on any atom is 0.212 e. The zero-order valence-corrected chi connectivity index (χ0v) is 13.3. The van der Waals surface area contributed by atoms with Crippen molar-refractivity contribution in [1.82, 2.24) is 9.97 Å². The first-order valence-electron chi connectivity index (χ1n) is 7.82. The average molecular weight is 319 g/mol. The second-order valence-electron chi connectivity index (χ2n) is 5.51. The van der Waals surface area contributed by atoms with Crippen molar-refractivity contribution in [3.05, 3.63) is 60.4 Å². The lowest BCUT2D eigenvalue weighted by molar-refractivity contribution is 0.357. The lowest BCUT2D eigenvalue weighted by Gasteiger charge is -2.13. The molecule has 0 bridgehead atoms. The summed E-state index contributed by atoms with van der Waals surface area (Å²) in [5, 5.41) is 3.33. The molecule has 5 nitrogen and oxygen atoms in total. The molecule has 0 unspecified atom stereocenters. The lowest BCUT2D eigenvalue weighted by atomic mass is 10.0. The first kappa shape index (κ1) is 14.5. The van der Waals surface area contributed by atoms with Crippen LogP contribution in [-0.4, -0.2) is 23.7 Å². The molecular formula is C19H17N3O2. The number of benzene rings is 1. The molecule has 0 aliphatic carbocycles. The number of methoxy groups -OCH3 is 1. The summed E-state index contributed by atoms with van der Waals surface area (Å²) in [5.41, 5.74) is 4.21. The van der Waals surface area contributed by atoms with E-state index in [1.165, 1.54) is 0 Å². The van der Waals surface area contributed by atoms with Gasteiger partial charge >= 0.3 is 0 Å². The third kappa shape index (κ3) is 2.65. The highest BCUT2D eigenvalue weighted by atomic mass is 16.5. The zero-order chi connectivity index (χ0) is 16.4. The Hall–Kier alpha value is -3.08. The topological polar surface area (TPSA) is 56.3 Å². The Morgan fingerprint density at radius 3 is 2.67 bits per heavy atom. The van der Waals surface area contributed by atoms with Crippen molar-refractivity contribution in [3.8, 4) is 22.8 Å². The van der Waals surface area contributed by atoms with Gasteiger partial charge in [0.1, 0.15) is 0 Å². The Labute approximate surface area is 140 Å². The van der Waals surface area contributed by atoms with Crippen LogP contribution in [0.5, 0.6) is 11.6 Å². The summed E-state index contributed by atoms with van der Waals surface area (Å²) in [7, 11) is 1.61. The molecule has 0 radical (unpaired) electrons. The molecule has 0 amide bonds. The molecular weight excluding hydrogens is 302 g/mol. The maximum absolute atomic E-state index is 5.84. The van der Waals surface area contributed by atoms with Gasteiger partial charge < -0.3 is 14.8 Å². The van der Waals surface area contributed by atoms with Gasteiger partial charge in [0.2, 0.25) is 5.88 Å². The quantitative estimate of drug-likeness (QED) is 0.792. The minimum Gasteiger partial charge on any atom is -0.489 e. The second kappa shape index (κ2) is 6.20. The van der Waals surface area contributed by atoms with Crippen LogP contribution in [0.1, 0.15) is 5.56 Å². The van der Waals surface area contributed by atoms with Crippen LogP contribution in [0.25, 0.3) is 11.1 Å². The van der Waals surface area contributed by atoms with Gasteiger partial charge in [0, 0.05) is 47.3 Å². The van der Waals surface area contributed by atoms with E-state index in [1.807, 2.05) is 48.7 Å². The number of aromatic nitrogens is 2. The molecule has 0 fully saturated rings. The Kier molecular flexibility index (Phi) is 3.75. The summed E-state index contributed by atoms with van der Waals surface area (Å²) in [5.74, 6) is 2.17. The van der Waals surface area contributed by atoms with Crippen molar-refractivity contribution in [3.63, 3.8) is 0 Å². The van der Waals surface area contributed by atoms with E-state index >= 15 is 0 Å². The van der Waals surface area contributed by atoms with Gasteiger partial charge in [-0.25, -0.2) is 9.97 Å². The van der Waals surface area contributed by atoms with Gasteiger partial charge in [-0.1, -0.05) is 18.2 Å². The number of pyridine rings is 2. The highest BCUT2D eigenvalue weighted by molar-refractivity contribution is 5.75. The predicted octanol–water partition coefficient (Wildman–Crippen LogP) is 3.83. The normalized spacial score (nSPS) is 12.4. The molecule has 3 aromatic rings. The standard InChI is InChI=1S/C19H17N3O2/c1-23-17-8-7-13(11-20-17)16-12-21-19(18-15(16)9-10-24-18)22-14-5-3-2-4-6-14/h2-8,11-12H,9-10H2,1H3,(H,21,22). The van der Waals surface area contributed by atoms with Gasteiger partial charge in [0.15, 0.2) is 11.6 Å². The molecule has 1 N–H and O–H groups in total. The van der Waals surface area contributed by atoms with Gasteiger partial charge in [0.25, 0.3) is 0 Å². The van der Waals surface area contributed by atoms with Gasteiger partial charge in [-0.2, -0.15) is 0 Å². The number of hydrogen-bond acceptors (Lipinski definition) is 5. The van der Waals surface area contributed by atoms with Crippen molar-refractivity contribution in [2.75, 3.05) is 19.0 Å². The van der Waals surface area contributed by atoms with E-state index < -0.39 is 0 Å². The van der Waals surface area contributed by atoms with Gasteiger partial charge in [-0.3, -0.25) is 0 Å². The molecule has 1 aliphatic rings. The first-order valence-corrected chi connectivity index (χ1v) is 7.82. The van der Waals surface area contributed by atoms with E-state index in [1.54, 1.807) is 13.3 Å². The number of para-hydroxylation sites is 1. The average Bonchev–Trinajstić information content (AvgIpc) is 3.13. The number of nitrogens with one attached hydrogen (secondary N) is 1. The summed E-state index contributed by atoms with van der Waals surface area (Å²) < 4.78 is 11.0. The highest BCUT2D eigenvalue weighted by Gasteiger charge is 2.22. The van der Waals surface area contributed by atoms with Crippen LogP contribution < -0.4 is 14.8 Å². The highest BCUT2D eigenvalue weighted by Crippen LogP contribution is 2.39. The predicted molar refractivity (Wildman–Crippen MR) is 92.9 cm³/mol. The fraction of sp³-hybridized carbons (Fsp3) is 0.158. The van der Waals surface area contributed by atoms with Crippen LogP contribution in [0.2, 0.25) is 0 Å². The van der Waals surface area contributed by atoms with Crippen molar-refractivity contribution in [2.45, 2.75) is 6.42 Å². The number of fused-ring (bicyclic) bond motifs is 1. The molecule has 0 atom stereocenters. The molecule has 2 aromatic heterocycles. The molecule has 4 rings (SSSR count). The Bertz CT molecular complexity index is 848. The summed E-state index contributed by atoms with van der Waals surface area (Å²) in [4.78, 5) is 8.85. The first-order chi connectivity index (χ1) is 11.8. The maximum atomic E-state index is 5.84. The molecule has 120 valence electrons. The molecule has 1 aromatic carbocycles. The van der Waals surface area contributed by atoms with E-state index in [-0.39, 0.29) is 0 Å². The number of nitrogens with zero attached hydrogens (tertiary/aromatic N) is 2. The third-order valence-electron chi connectivity index (χ3n) is 4.03. The van der Waals surface area contributed by atoms with Gasteiger partial charge in [-0.05, 0) is 18.2 Å². The van der Waals surface area contributed by atoms with Crippen LogP contribution in [0.4, 0.5) is 11.5 Å². The summed E-state index contributed by atoms with van der Waals surface area (Å²) in [6.07, 6.45) is 4.55. The molecule has 24 heavy (non-hydrogen) atoms. The zero-order valence-electron chi connectivity index (χ0n) is 13.3. The molecule has 5 heteroatoms. The molecule has 1 aliphatic heterocycles. The van der Waals surface area contributed by atoms with Crippen LogP contribution in [0.15, 0.2) is 54.9 Å². The Morgan fingerprint density at radius 2 is 1.92 bits per heavy atom. The van der Waals surface area contributed by atoms with Crippen LogP contribution >= 0.6 is 0 Å². The number of ether oxygens (including phenoxy) is 2. The van der Waals surface area contributed by atoms with Crippen molar-refractivity contribution >= 4 is 11.5 Å². The fourth-order valence-electron chi connectivity index (χ4n) is 2.85. The minimum atomic E-state index is 0.599. The van der Waals surface area contributed by atoms with Crippen LogP contribution in [0, 0.1) is 0 Å². The van der Waals surface area contributed by atoms with Crippen molar-refractivity contribution in [1.29, 1.82) is 0 Å². The number of rotatable bonds is 4. The Morgan fingerprint density at radius 1 is 1.04 bits per heavy atom. The third-order valence-corrected chi connectivity index (χ3v) is 4.03. The smallest absolute Gasteiger partial charge is 0.212 e. The van der Waals surface area contributed by atoms with Crippen molar-refractivity contribution < 1.29 is 9.47 Å². The Balaban J connectivity index is 1.71. The number of anilines is 2. The van der Waals surface area contributed by atoms with Crippen LogP contribution in [-0.2, 0) is 6.42 Å². The molecule has 0 saturated heterocycles. The minimum absolute atomic E-state index is 0.599. The van der Waals surface area contributed by atoms with E-state index in [4.69, 9.17) is 9.47 Å². The second-order valence-corrected chi connectivity index (χ2v) is 5.51. The molecule has 0 spiro atoms. The van der Waals surface area contributed by atoms with E-state index in [2.05, 4.69) is 15.3 Å². The van der Waals surface area contributed by atoms with E-state index in [0.29, 0.717) is 12.5 Å². The van der Waals surface area contributed by atoms with E-state index in [0.717, 1.165) is 40.4 Å². The number of hydrogen-bond donors (Lipinski definition) is 1. The van der Waals surface area contributed by atoms with Gasteiger partial charge in [0.05, 0.1) is 13.7 Å².